The third-order valence-corrected chi connectivity index (χ3v) is 5.18. The first-order chi connectivity index (χ1) is 9.26. The highest BCUT2D eigenvalue weighted by molar-refractivity contribution is 5.79. The third-order valence-electron chi connectivity index (χ3n) is 5.18. The second kappa shape index (κ2) is 4.92. The molecule has 1 fully saturated rings. The van der Waals surface area contributed by atoms with Crippen molar-refractivity contribution in [3.63, 3.8) is 0 Å². The monoisotopic (exact) mass is 256 g/mol. The Morgan fingerprint density at radius 2 is 1.89 bits per heavy atom. The van der Waals surface area contributed by atoms with Gasteiger partial charge in [-0.05, 0) is 48.1 Å². The Hall–Kier alpha value is -1.44. The van der Waals surface area contributed by atoms with Gasteiger partial charge >= 0.3 is 0 Å². The second-order valence-corrected chi connectivity index (χ2v) is 5.99. The van der Waals surface area contributed by atoms with Crippen LogP contribution in [0.25, 0.3) is 0 Å². The lowest BCUT2D eigenvalue weighted by atomic mass is 9.56. The number of fused-ring (bicyclic) bond motifs is 2. The van der Waals surface area contributed by atoms with E-state index in [0.29, 0.717) is 31.0 Å². The molecule has 2 nitrogen and oxygen atoms in total. The molecular formula is C17H20O2. The van der Waals surface area contributed by atoms with E-state index < -0.39 is 0 Å². The molecule has 100 valence electrons. The minimum atomic E-state index is 0.0870. The third kappa shape index (κ3) is 2.03. The SMILES string of the molecule is O=CC[C@H]1CCc2ccccc2C12CCC(=O)CC2. The van der Waals surface area contributed by atoms with E-state index in [1.165, 1.54) is 11.1 Å². The Morgan fingerprint density at radius 3 is 2.63 bits per heavy atom. The molecule has 0 unspecified atom stereocenters. The number of benzene rings is 1. The van der Waals surface area contributed by atoms with Crippen LogP contribution in [0.4, 0.5) is 0 Å². The molecule has 2 aliphatic carbocycles. The average molecular weight is 256 g/mol. The molecule has 1 atom stereocenters. The van der Waals surface area contributed by atoms with Gasteiger partial charge in [0.1, 0.15) is 12.1 Å². The first kappa shape index (κ1) is 12.6. The molecule has 0 radical (unpaired) electrons. The van der Waals surface area contributed by atoms with E-state index in [0.717, 1.165) is 32.0 Å². The highest BCUT2D eigenvalue weighted by atomic mass is 16.1. The van der Waals surface area contributed by atoms with Crippen molar-refractivity contribution in [1.82, 2.24) is 0 Å². The summed E-state index contributed by atoms with van der Waals surface area (Å²) < 4.78 is 0. The number of rotatable bonds is 2. The topological polar surface area (TPSA) is 34.1 Å². The number of aryl methyl sites for hydroxylation is 1. The molecular weight excluding hydrogens is 236 g/mol. The molecule has 0 aliphatic heterocycles. The zero-order chi connectivity index (χ0) is 13.3. The number of carbonyl (C=O) groups is 2. The molecule has 1 aromatic carbocycles. The summed E-state index contributed by atoms with van der Waals surface area (Å²) in [5.74, 6) is 0.812. The molecule has 0 aromatic heterocycles. The lowest BCUT2D eigenvalue weighted by Gasteiger charge is -2.47. The lowest BCUT2D eigenvalue weighted by molar-refractivity contribution is -0.122. The first-order valence-electron chi connectivity index (χ1n) is 7.30. The van der Waals surface area contributed by atoms with E-state index in [1.54, 1.807) is 0 Å². The van der Waals surface area contributed by atoms with Crippen molar-refractivity contribution >= 4 is 12.1 Å². The van der Waals surface area contributed by atoms with E-state index in [1.807, 2.05) is 0 Å². The summed E-state index contributed by atoms with van der Waals surface area (Å²) in [6.45, 7) is 0. The Balaban J connectivity index is 2.04. The summed E-state index contributed by atoms with van der Waals surface area (Å²) in [5, 5.41) is 0. The Kier molecular flexibility index (Phi) is 3.26. The van der Waals surface area contributed by atoms with Crippen molar-refractivity contribution in [2.75, 3.05) is 0 Å². The van der Waals surface area contributed by atoms with Gasteiger partial charge in [-0.15, -0.1) is 0 Å². The molecule has 0 saturated heterocycles. The number of hydrogen-bond donors (Lipinski definition) is 0. The van der Waals surface area contributed by atoms with Crippen molar-refractivity contribution in [2.24, 2.45) is 5.92 Å². The van der Waals surface area contributed by atoms with Gasteiger partial charge in [0.15, 0.2) is 0 Å². The lowest BCUT2D eigenvalue weighted by Crippen LogP contribution is -2.43. The fraction of sp³-hybridized carbons (Fsp3) is 0.529. The van der Waals surface area contributed by atoms with Gasteiger partial charge < -0.3 is 4.79 Å². The van der Waals surface area contributed by atoms with Gasteiger partial charge in [-0.2, -0.15) is 0 Å². The van der Waals surface area contributed by atoms with E-state index >= 15 is 0 Å². The fourth-order valence-corrected chi connectivity index (χ4v) is 4.16. The van der Waals surface area contributed by atoms with Crippen molar-refractivity contribution in [3.05, 3.63) is 35.4 Å². The molecule has 1 saturated carbocycles. The number of hydrogen-bond acceptors (Lipinski definition) is 2. The minimum Gasteiger partial charge on any atom is -0.303 e. The van der Waals surface area contributed by atoms with Crippen LogP contribution in [-0.4, -0.2) is 12.1 Å². The summed E-state index contributed by atoms with van der Waals surface area (Å²) in [7, 11) is 0. The van der Waals surface area contributed by atoms with Gasteiger partial charge in [-0.25, -0.2) is 0 Å². The van der Waals surface area contributed by atoms with Crippen molar-refractivity contribution in [2.45, 2.75) is 50.4 Å². The predicted molar refractivity (Wildman–Crippen MR) is 74.1 cm³/mol. The number of Topliss-reactive ketones (excluding diaryl/α,β-unsaturated/α-hetero) is 1. The van der Waals surface area contributed by atoms with E-state index in [2.05, 4.69) is 24.3 Å². The molecule has 2 aliphatic rings. The maximum atomic E-state index is 11.6. The molecule has 0 bridgehead atoms. The van der Waals surface area contributed by atoms with Crippen molar-refractivity contribution in [1.29, 1.82) is 0 Å². The zero-order valence-electron chi connectivity index (χ0n) is 11.2. The van der Waals surface area contributed by atoms with E-state index in [4.69, 9.17) is 0 Å². The van der Waals surface area contributed by atoms with Gasteiger partial charge in [0.25, 0.3) is 0 Å². The summed E-state index contributed by atoms with van der Waals surface area (Å²) >= 11 is 0. The maximum absolute atomic E-state index is 11.6. The summed E-state index contributed by atoms with van der Waals surface area (Å²) in [5.41, 5.74) is 2.93. The second-order valence-electron chi connectivity index (χ2n) is 5.99. The van der Waals surface area contributed by atoms with E-state index in [9.17, 15) is 9.59 Å². The standard InChI is InChI=1S/C17H20O2/c18-12-9-14-6-5-13-3-1-2-4-16(13)17(14)10-7-15(19)8-11-17/h1-4,12,14H,5-11H2/t14-/m1/s1. The smallest absolute Gasteiger partial charge is 0.132 e. The van der Waals surface area contributed by atoms with Crippen LogP contribution in [0.3, 0.4) is 0 Å². The van der Waals surface area contributed by atoms with Gasteiger partial charge in [0.05, 0.1) is 0 Å². The summed E-state index contributed by atoms with van der Waals surface area (Å²) in [4.78, 5) is 22.6. The average Bonchev–Trinajstić information content (AvgIpc) is 2.45. The Morgan fingerprint density at radius 1 is 1.16 bits per heavy atom. The highest BCUT2D eigenvalue weighted by Crippen LogP contribution is 2.50. The van der Waals surface area contributed by atoms with Gasteiger partial charge in [0.2, 0.25) is 0 Å². The number of carbonyl (C=O) groups excluding carboxylic acids is 2. The number of aldehydes is 1. The molecule has 0 amide bonds. The minimum absolute atomic E-state index is 0.0870. The highest BCUT2D eigenvalue weighted by Gasteiger charge is 2.45. The molecule has 1 aromatic rings. The Labute approximate surface area is 114 Å². The first-order valence-corrected chi connectivity index (χ1v) is 7.30. The zero-order valence-corrected chi connectivity index (χ0v) is 11.2. The van der Waals surface area contributed by atoms with Crippen LogP contribution in [-0.2, 0) is 21.4 Å². The van der Waals surface area contributed by atoms with Crippen LogP contribution in [0.2, 0.25) is 0 Å². The molecule has 3 rings (SSSR count). The Bertz CT molecular complexity index is 494. The molecule has 1 spiro atoms. The molecule has 0 N–H and O–H groups in total. The van der Waals surface area contributed by atoms with Crippen LogP contribution in [0, 0.1) is 5.92 Å². The quantitative estimate of drug-likeness (QED) is 0.761. The molecule has 2 heteroatoms. The van der Waals surface area contributed by atoms with Crippen LogP contribution >= 0.6 is 0 Å². The fourth-order valence-electron chi connectivity index (χ4n) is 4.16. The van der Waals surface area contributed by atoms with Crippen LogP contribution < -0.4 is 0 Å². The molecule has 0 heterocycles. The van der Waals surface area contributed by atoms with Crippen LogP contribution in [0.1, 0.15) is 49.7 Å². The van der Waals surface area contributed by atoms with Gasteiger partial charge in [-0.1, -0.05) is 24.3 Å². The van der Waals surface area contributed by atoms with E-state index in [-0.39, 0.29) is 5.41 Å². The van der Waals surface area contributed by atoms with Crippen LogP contribution in [0.15, 0.2) is 24.3 Å². The van der Waals surface area contributed by atoms with Crippen molar-refractivity contribution < 1.29 is 9.59 Å². The van der Waals surface area contributed by atoms with Gasteiger partial charge in [-0.3, -0.25) is 4.79 Å². The predicted octanol–water partition coefficient (Wildman–Crippen LogP) is 3.22. The number of ketones is 1. The largest absolute Gasteiger partial charge is 0.303 e. The van der Waals surface area contributed by atoms with Gasteiger partial charge in [0, 0.05) is 19.3 Å². The van der Waals surface area contributed by atoms with Crippen LogP contribution in [0.5, 0.6) is 0 Å². The summed E-state index contributed by atoms with van der Waals surface area (Å²) in [6.07, 6.45) is 7.10. The molecule has 19 heavy (non-hydrogen) atoms. The van der Waals surface area contributed by atoms with Crippen molar-refractivity contribution in [3.8, 4) is 0 Å². The summed E-state index contributed by atoms with van der Waals surface area (Å²) in [6, 6.07) is 8.63. The maximum Gasteiger partial charge on any atom is 0.132 e. The normalized spacial score (nSPS) is 25.1.